The maximum absolute atomic E-state index is 5.60. The zero-order valence-electron chi connectivity index (χ0n) is 9.39. The Balaban J connectivity index is 2.05. The van der Waals surface area contributed by atoms with Crippen molar-refractivity contribution in [3.05, 3.63) is 12.5 Å². The third-order valence-corrected chi connectivity index (χ3v) is 1.81. The highest BCUT2D eigenvalue weighted by Crippen LogP contribution is 2.14. The van der Waals surface area contributed by atoms with Crippen LogP contribution in [-0.4, -0.2) is 43.5 Å². The lowest BCUT2D eigenvalue weighted by Gasteiger charge is -2.07. The minimum atomic E-state index is 0.423. The predicted molar refractivity (Wildman–Crippen MR) is 59.3 cm³/mol. The first-order valence-electron chi connectivity index (χ1n) is 5.09. The summed E-state index contributed by atoms with van der Waals surface area (Å²) in [6.07, 6.45) is 3.70. The van der Waals surface area contributed by atoms with Crippen molar-refractivity contribution in [2.24, 2.45) is 0 Å². The average molecular weight is 227 g/mol. The molecule has 90 valence electrons. The summed E-state index contributed by atoms with van der Waals surface area (Å²) in [5.41, 5.74) is 6.05. The molecule has 0 aliphatic carbocycles. The van der Waals surface area contributed by atoms with Crippen LogP contribution in [0.25, 0.3) is 0 Å². The van der Waals surface area contributed by atoms with E-state index in [1.54, 1.807) is 7.11 Å². The monoisotopic (exact) mass is 227 g/mol. The number of nitrogen functional groups attached to an aromatic ring is 1. The summed E-state index contributed by atoms with van der Waals surface area (Å²) in [5, 5.41) is 0. The van der Waals surface area contributed by atoms with Gasteiger partial charge in [-0.05, 0) is 0 Å². The van der Waals surface area contributed by atoms with Gasteiger partial charge in [-0.2, -0.15) is 0 Å². The zero-order chi connectivity index (χ0) is 11.6. The minimum Gasteiger partial charge on any atom is -0.476 e. The Morgan fingerprint density at radius 2 is 2.12 bits per heavy atom. The maximum Gasteiger partial charge on any atom is 0.240 e. The van der Waals surface area contributed by atoms with E-state index in [0.717, 1.165) is 6.42 Å². The molecular formula is C10H17N3O3. The summed E-state index contributed by atoms with van der Waals surface area (Å²) in [7, 11) is 1.64. The molecular weight excluding hydrogens is 210 g/mol. The van der Waals surface area contributed by atoms with Crippen LogP contribution in [0, 0.1) is 0 Å². The zero-order valence-corrected chi connectivity index (χ0v) is 9.39. The molecule has 0 atom stereocenters. The van der Waals surface area contributed by atoms with Crippen molar-refractivity contribution in [1.29, 1.82) is 0 Å². The van der Waals surface area contributed by atoms with Gasteiger partial charge in [0.1, 0.15) is 12.0 Å². The van der Waals surface area contributed by atoms with Gasteiger partial charge in [0.25, 0.3) is 0 Å². The molecule has 0 radical (unpaired) electrons. The number of nitrogens with zero attached hydrogens (tertiary/aromatic N) is 2. The van der Waals surface area contributed by atoms with Crippen LogP contribution in [0.1, 0.15) is 6.42 Å². The van der Waals surface area contributed by atoms with Crippen molar-refractivity contribution < 1.29 is 14.2 Å². The fourth-order valence-electron chi connectivity index (χ4n) is 1.02. The Labute approximate surface area is 94.7 Å². The van der Waals surface area contributed by atoms with Crippen LogP contribution in [-0.2, 0) is 9.47 Å². The number of rotatable bonds is 8. The molecule has 0 saturated carbocycles. The lowest BCUT2D eigenvalue weighted by atomic mass is 10.5. The SMILES string of the molecule is COCCOCCCOc1ncncc1N. The summed E-state index contributed by atoms with van der Waals surface area (Å²) in [6.45, 7) is 2.37. The molecule has 0 unspecified atom stereocenters. The highest BCUT2D eigenvalue weighted by molar-refractivity contribution is 5.44. The molecule has 6 heteroatoms. The summed E-state index contributed by atoms with van der Waals surface area (Å²) >= 11 is 0. The Morgan fingerprint density at radius 3 is 2.88 bits per heavy atom. The van der Waals surface area contributed by atoms with Crippen LogP contribution in [0.3, 0.4) is 0 Å². The van der Waals surface area contributed by atoms with E-state index in [2.05, 4.69) is 9.97 Å². The van der Waals surface area contributed by atoms with Gasteiger partial charge in [0.05, 0.1) is 26.0 Å². The Bertz CT molecular complexity index is 296. The lowest BCUT2D eigenvalue weighted by Crippen LogP contribution is -2.08. The maximum atomic E-state index is 5.60. The van der Waals surface area contributed by atoms with Gasteiger partial charge in [0.15, 0.2) is 0 Å². The summed E-state index contributed by atoms with van der Waals surface area (Å²) in [6, 6.07) is 0. The molecule has 0 aromatic carbocycles. The quantitative estimate of drug-likeness (QED) is 0.651. The molecule has 0 aliphatic heterocycles. The first kappa shape index (κ1) is 12.7. The van der Waals surface area contributed by atoms with Crippen LogP contribution in [0.4, 0.5) is 5.69 Å². The molecule has 2 N–H and O–H groups in total. The fourth-order valence-corrected chi connectivity index (χ4v) is 1.02. The largest absolute Gasteiger partial charge is 0.476 e. The van der Waals surface area contributed by atoms with Crippen molar-refractivity contribution in [2.75, 3.05) is 39.3 Å². The van der Waals surface area contributed by atoms with E-state index < -0.39 is 0 Å². The van der Waals surface area contributed by atoms with E-state index in [0.29, 0.717) is 38.0 Å². The molecule has 16 heavy (non-hydrogen) atoms. The first-order chi connectivity index (χ1) is 7.84. The normalized spacial score (nSPS) is 10.3. The van der Waals surface area contributed by atoms with Gasteiger partial charge in [0.2, 0.25) is 5.88 Å². The number of nitrogens with two attached hydrogens (primary N) is 1. The van der Waals surface area contributed by atoms with E-state index in [1.165, 1.54) is 12.5 Å². The van der Waals surface area contributed by atoms with Crippen LogP contribution < -0.4 is 10.5 Å². The number of hydrogen-bond acceptors (Lipinski definition) is 6. The van der Waals surface area contributed by atoms with Crippen LogP contribution in [0.2, 0.25) is 0 Å². The van der Waals surface area contributed by atoms with Crippen molar-refractivity contribution in [2.45, 2.75) is 6.42 Å². The average Bonchev–Trinajstić information content (AvgIpc) is 2.30. The van der Waals surface area contributed by atoms with Crippen molar-refractivity contribution >= 4 is 5.69 Å². The molecule has 0 aliphatic rings. The van der Waals surface area contributed by atoms with E-state index >= 15 is 0 Å². The fraction of sp³-hybridized carbons (Fsp3) is 0.600. The molecule has 0 saturated heterocycles. The molecule has 1 aromatic rings. The Morgan fingerprint density at radius 1 is 1.25 bits per heavy atom. The highest BCUT2D eigenvalue weighted by atomic mass is 16.5. The van der Waals surface area contributed by atoms with E-state index in [1.807, 2.05) is 0 Å². The van der Waals surface area contributed by atoms with Gasteiger partial charge >= 0.3 is 0 Å². The highest BCUT2D eigenvalue weighted by Gasteiger charge is 2.00. The van der Waals surface area contributed by atoms with Gasteiger partial charge in [-0.15, -0.1) is 0 Å². The number of hydrogen-bond donors (Lipinski definition) is 1. The van der Waals surface area contributed by atoms with Gasteiger partial charge in [-0.25, -0.2) is 9.97 Å². The van der Waals surface area contributed by atoms with E-state index in [9.17, 15) is 0 Å². The van der Waals surface area contributed by atoms with Gasteiger partial charge in [0, 0.05) is 20.1 Å². The molecule has 0 amide bonds. The molecule has 0 bridgehead atoms. The Kier molecular flexibility index (Phi) is 6.20. The van der Waals surface area contributed by atoms with Crippen molar-refractivity contribution in [3.63, 3.8) is 0 Å². The van der Waals surface area contributed by atoms with Crippen LogP contribution in [0.5, 0.6) is 5.88 Å². The second-order valence-electron chi connectivity index (χ2n) is 3.09. The topological polar surface area (TPSA) is 79.5 Å². The third-order valence-electron chi connectivity index (χ3n) is 1.81. The second-order valence-corrected chi connectivity index (χ2v) is 3.09. The molecule has 1 heterocycles. The van der Waals surface area contributed by atoms with Crippen molar-refractivity contribution in [3.8, 4) is 5.88 Å². The third kappa shape index (κ3) is 4.90. The first-order valence-corrected chi connectivity index (χ1v) is 5.09. The Hall–Kier alpha value is -1.40. The summed E-state index contributed by atoms with van der Waals surface area (Å²) in [4.78, 5) is 7.67. The minimum absolute atomic E-state index is 0.423. The van der Waals surface area contributed by atoms with Crippen molar-refractivity contribution in [1.82, 2.24) is 9.97 Å². The number of ether oxygens (including phenoxy) is 3. The second kappa shape index (κ2) is 7.84. The molecule has 0 fully saturated rings. The number of aromatic nitrogens is 2. The lowest BCUT2D eigenvalue weighted by molar-refractivity contribution is 0.0642. The molecule has 6 nitrogen and oxygen atoms in total. The molecule has 1 aromatic heterocycles. The predicted octanol–water partition coefficient (Wildman–Crippen LogP) is 0.491. The van der Waals surface area contributed by atoms with E-state index in [-0.39, 0.29) is 0 Å². The summed E-state index contributed by atoms with van der Waals surface area (Å²) < 4.78 is 15.5. The van der Waals surface area contributed by atoms with Crippen LogP contribution >= 0.6 is 0 Å². The van der Waals surface area contributed by atoms with Gasteiger partial charge in [-0.3, -0.25) is 0 Å². The van der Waals surface area contributed by atoms with Gasteiger partial charge < -0.3 is 19.9 Å². The number of anilines is 1. The van der Waals surface area contributed by atoms with Crippen LogP contribution in [0.15, 0.2) is 12.5 Å². The molecule has 1 rings (SSSR count). The van der Waals surface area contributed by atoms with E-state index in [4.69, 9.17) is 19.9 Å². The number of methoxy groups -OCH3 is 1. The van der Waals surface area contributed by atoms with Gasteiger partial charge in [-0.1, -0.05) is 0 Å². The standard InChI is InChI=1S/C10H17N3O3/c1-14-5-6-15-3-2-4-16-10-9(11)7-12-8-13-10/h7-8H,2-6,11H2,1H3. The smallest absolute Gasteiger partial charge is 0.240 e. The summed E-state index contributed by atoms with van der Waals surface area (Å²) in [5.74, 6) is 0.423. The molecule has 0 spiro atoms.